The van der Waals surface area contributed by atoms with E-state index in [4.69, 9.17) is 16.3 Å². The van der Waals surface area contributed by atoms with Crippen molar-refractivity contribution in [2.24, 2.45) is 0 Å². The molecule has 0 radical (unpaired) electrons. The second-order valence-electron chi connectivity index (χ2n) is 5.85. The third-order valence-electron chi connectivity index (χ3n) is 4.45. The summed E-state index contributed by atoms with van der Waals surface area (Å²) in [6, 6.07) is 5.38. The molecule has 0 aliphatic heterocycles. The first kappa shape index (κ1) is 16.3. The number of carbonyl (C=O) groups is 1. The van der Waals surface area contributed by atoms with Gasteiger partial charge in [0.05, 0.1) is 27.8 Å². The third-order valence-corrected chi connectivity index (χ3v) is 5.82. The van der Waals surface area contributed by atoms with Crippen molar-refractivity contribution in [1.82, 2.24) is 4.98 Å². The highest BCUT2D eigenvalue weighted by Gasteiger charge is 2.29. The van der Waals surface area contributed by atoms with E-state index in [-0.39, 0.29) is 22.6 Å². The van der Waals surface area contributed by atoms with Crippen LogP contribution in [0.5, 0.6) is 5.75 Å². The number of hydrogen-bond donors (Lipinski definition) is 1. The number of carbonyl (C=O) groups excluding carboxylic acids is 1. The van der Waals surface area contributed by atoms with Gasteiger partial charge in [0.2, 0.25) is 0 Å². The van der Waals surface area contributed by atoms with Gasteiger partial charge in [0.15, 0.2) is 17.9 Å². The molecular weight excluding hydrogens is 363 g/mol. The summed E-state index contributed by atoms with van der Waals surface area (Å²) in [6.07, 6.45) is 3.87. The third kappa shape index (κ3) is 2.65. The molecule has 2 heterocycles. The summed E-state index contributed by atoms with van der Waals surface area (Å²) in [6.45, 7) is 0. The predicted molar refractivity (Wildman–Crippen MR) is 97.7 cm³/mol. The maximum Gasteiger partial charge on any atom is 0.173 e. The topological polar surface area (TPSA) is 51.2 Å². The number of ether oxygens (including phenoxy) is 1. The Morgan fingerprint density at radius 3 is 3.08 bits per heavy atom. The number of methoxy groups -OCH3 is 1. The summed E-state index contributed by atoms with van der Waals surface area (Å²) >= 11 is 7.54. The minimum Gasteiger partial charge on any atom is -0.492 e. The Labute approximate surface area is 152 Å². The van der Waals surface area contributed by atoms with Crippen molar-refractivity contribution >= 4 is 45.1 Å². The molecule has 4 rings (SSSR count). The van der Waals surface area contributed by atoms with Gasteiger partial charge in [-0.15, -0.1) is 11.3 Å². The van der Waals surface area contributed by atoms with Gasteiger partial charge in [-0.1, -0.05) is 11.6 Å². The summed E-state index contributed by atoms with van der Waals surface area (Å²) in [5.74, 6) is 0.399. The zero-order valence-electron chi connectivity index (χ0n) is 13.3. The first-order chi connectivity index (χ1) is 12.1. The number of pyridine rings is 1. The monoisotopic (exact) mass is 376 g/mol. The molecule has 1 atom stereocenters. The van der Waals surface area contributed by atoms with Crippen LogP contribution in [-0.2, 0) is 6.42 Å². The number of nitrogens with one attached hydrogen (secondary N) is 1. The Hall–Kier alpha value is -2.18. The van der Waals surface area contributed by atoms with Crippen LogP contribution in [0, 0.1) is 5.82 Å². The number of aromatic nitrogens is 1. The molecule has 1 N–H and O–H groups in total. The van der Waals surface area contributed by atoms with E-state index < -0.39 is 0 Å². The second kappa shape index (κ2) is 6.28. The zero-order valence-corrected chi connectivity index (χ0v) is 14.9. The number of aldehydes is 1. The predicted octanol–water partition coefficient (Wildman–Crippen LogP) is 5.01. The number of fused-ring (bicyclic) bond motifs is 2. The van der Waals surface area contributed by atoms with Crippen LogP contribution in [0.1, 0.15) is 33.3 Å². The molecule has 1 aliphatic rings. The highest BCUT2D eigenvalue weighted by molar-refractivity contribution is 7.21. The van der Waals surface area contributed by atoms with Crippen LogP contribution >= 0.6 is 22.9 Å². The Balaban J connectivity index is 1.73. The molecule has 25 heavy (non-hydrogen) atoms. The van der Waals surface area contributed by atoms with E-state index in [9.17, 15) is 9.18 Å². The Kier molecular flexibility index (Phi) is 4.09. The number of thiophene rings is 1. The fourth-order valence-corrected chi connectivity index (χ4v) is 4.52. The van der Waals surface area contributed by atoms with Gasteiger partial charge in [-0.05, 0) is 47.6 Å². The first-order valence-corrected chi connectivity index (χ1v) is 8.97. The van der Waals surface area contributed by atoms with E-state index in [1.807, 2.05) is 12.1 Å². The molecule has 0 spiro atoms. The van der Waals surface area contributed by atoms with Crippen LogP contribution in [0.15, 0.2) is 24.4 Å². The van der Waals surface area contributed by atoms with E-state index in [0.29, 0.717) is 22.7 Å². The zero-order chi connectivity index (χ0) is 17.6. The largest absolute Gasteiger partial charge is 0.492 e. The molecule has 7 heteroatoms. The Bertz CT molecular complexity index is 989. The molecule has 0 amide bonds. The quantitative estimate of drug-likeness (QED) is 0.650. The van der Waals surface area contributed by atoms with Crippen molar-refractivity contribution in [2.45, 2.75) is 18.9 Å². The lowest BCUT2D eigenvalue weighted by Gasteiger charge is -2.16. The molecule has 0 bridgehead atoms. The van der Waals surface area contributed by atoms with Crippen molar-refractivity contribution in [3.8, 4) is 5.75 Å². The van der Waals surface area contributed by atoms with Crippen LogP contribution in [0.25, 0.3) is 10.1 Å². The van der Waals surface area contributed by atoms with Gasteiger partial charge >= 0.3 is 0 Å². The van der Waals surface area contributed by atoms with Crippen LogP contribution in [0.2, 0.25) is 5.02 Å². The molecule has 0 saturated heterocycles. The minimum atomic E-state index is -0.389. The summed E-state index contributed by atoms with van der Waals surface area (Å²) < 4.78 is 20.5. The number of anilines is 1. The van der Waals surface area contributed by atoms with Gasteiger partial charge in [0, 0.05) is 6.20 Å². The fourth-order valence-electron chi connectivity index (χ4n) is 3.31. The number of hydrogen-bond acceptors (Lipinski definition) is 5. The smallest absolute Gasteiger partial charge is 0.173 e. The van der Waals surface area contributed by atoms with Gasteiger partial charge in [-0.3, -0.25) is 4.79 Å². The highest BCUT2D eigenvalue weighted by Crippen LogP contribution is 2.42. The molecule has 4 nitrogen and oxygen atoms in total. The fraction of sp³-hybridized carbons (Fsp3) is 0.222. The van der Waals surface area contributed by atoms with Gasteiger partial charge in [-0.2, -0.15) is 0 Å². The van der Waals surface area contributed by atoms with Crippen LogP contribution < -0.4 is 10.1 Å². The molecule has 128 valence electrons. The Morgan fingerprint density at radius 2 is 2.32 bits per heavy atom. The summed E-state index contributed by atoms with van der Waals surface area (Å²) in [7, 11) is 1.41. The standard InChI is InChI=1S/C18H14ClFN2O2S/c1-24-16-13(19)7-12-11(15(16)20)2-3-14(12)22-18-17-9(4-5-21-18)6-10(8-23)25-17/h4-8,14H,2-3H2,1H3,(H,21,22)/t14-/m1/s1. The number of halogens is 2. The van der Waals surface area contributed by atoms with Crippen molar-refractivity contribution in [1.29, 1.82) is 0 Å². The number of benzene rings is 1. The van der Waals surface area contributed by atoms with E-state index in [2.05, 4.69) is 10.3 Å². The number of nitrogens with zero attached hydrogens (tertiary/aromatic N) is 1. The van der Waals surface area contributed by atoms with Crippen molar-refractivity contribution in [2.75, 3.05) is 12.4 Å². The van der Waals surface area contributed by atoms with Crippen LogP contribution in [0.4, 0.5) is 10.2 Å². The molecule has 1 aromatic carbocycles. The van der Waals surface area contributed by atoms with E-state index in [0.717, 1.165) is 28.4 Å². The van der Waals surface area contributed by atoms with Gasteiger partial charge < -0.3 is 10.1 Å². The normalized spacial score (nSPS) is 16.0. The average molecular weight is 377 g/mol. The maximum atomic E-state index is 14.6. The molecule has 0 saturated carbocycles. The van der Waals surface area contributed by atoms with Gasteiger partial charge in [-0.25, -0.2) is 9.37 Å². The molecule has 0 unspecified atom stereocenters. The molecule has 1 aliphatic carbocycles. The molecule has 2 aromatic heterocycles. The van der Waals surface area contributed by atoms with E-state index in [1.54, 1.807) is 12.3 Å². The molecule has 3 aromatic rings. The van der Waals surface area contributed by atoms with Crippen molar-refractivity contribution in [3.05, 3.63) is 51.2 Å². The minimum absolute atomic E-state index is 0.0900. The SMILES string of the molecule is COc1c(Cl)cc2c(c1F)CC[C@H]2Nc1nccc2cc(C=O)sc12. The van der Waals surface area contributed by atoms with E-state index in [1.165, 1.54) is 18.4 Å². The Morgan fingerprint density at radius 1 is 1.48 bits per heavy atom. The van der Waals surface area contributed by atoms with Gasteiger partial charge in [0.25, 0.3) is 0 Å². The summed E-state index contributed by atoms with van der Waals surface area (Å²) in [4.78, 5) is 16.1. The molecule has 0 fully saturated rings. The van der Waals surface area contributed by atoms with Crippen molar-refractivity contribution < 1.29 is 13.9 Å². The molecular formula is C18H14ClFN2O2S. The lowest BCUT2D eigenvalue weighted by Crippen LogP contribution is -2.09. The highest BCUT2D eigenvalue weighted by atomic mass is 35.5. The maximum absolute atomic E-state index is 14.6. The van der Waals surface area contributed by atoms with Crippen LogP contribution in [0.3, 0.4) is 0 Å². The van der Waals surface area contributed by atoms with Crippen molar-refractivity contribution in [3.63, 3.8) is 0 Å². The van der Waals surface area contributed by atoms with Crippen LogP contribution in [-0.4, -0.2) is 18.4 Å². The van der Waals surface area contributed by atoms with E-state index >= 15 is 0 Å². The second-order valence-corrected chi connectivity index (χ2v) is 7.34. The average Bonchev–Trinajstić information content (AvgIpc) is 3.20. The first-order valence-electron chi connectivity index (χ1n) is 7.77. The summed E-state index contributed by atoms with van der Waals surface area (Å²) in [5.41, 5.74) is 1.46. The summed E-state index contributed by atoms with van der Waals surface area (Å²) in [5, 5.41) is 4.61. The lowest BCUT2D eigenvalue weighted by molar-refractivity contribution is 0.112. The lowest BCUT2D eigenvalue weighted by atomic mass is 10.1. The van der Waals surface area contributed by atoms with Gasteiger partial charge in [0.1, 0.15) is 5.82 Å². The number of rotatable bonds is 4.